The van der Waals surface area contributed by atoms with Crippen molar-refractivity contribution in [1.29, 1.82) is 0 Å². The van der Waals surface area contributed by atoms with Gasteiger partial charge in [-0.2, -0.15) is 0 Å². The number of benzene rings is 2. The maximum atomic E-state index is 12.7. The standard InChI is InChI=1S/C21H28N2O3S/c1-6-16-11-7-10-14-19(16)23(27(5,25)26)15-20(24)22-18-13-9-8-12-17(18)21(2,3)4/h7-14H,6,15H2,1-5H3,(H,22,24). The monoisotopic (exact) mass is 388 g/mol. The Morgan fingerprint density at radius 2 is 1.63 bits per heavy atom. The molecular weight excluding hydrogens is 360 g/mol. The summed E-state index contributed by atoms with van der Waals surface area (Å²) in [7, 11) is -3.60. The molecule has 5 nitrogen and oxygen atoms in total. The van der Waals surface area contributed by atoms with Gasteiger partial charge in [-0.1, -0.05) is 64.1 Å². The molecule has 0 spiro atoms. The van der Waals surface area contributed by atoms with Gasteiger partial charge in [-0.25, -0.2) is 8.42 Å². The highest BCUT2D eigenvalue weighted by Gasteiger charge is 2.24. The zero-order valence-electron chi connectivity index (χ0n) is 16.6. The average Bonchev–Trinajstić information content (AvgIpc) is 2.58. The predicted molar refractivity (Wildman–Crippen MR) is 112 cm³/mol. The van der Waals surface area contributed by atoms with E-state index in [-0.39, 0.29) is 17.9 Å². The third-order valence-corrected chi connectivity index (χ3v) is 5.46. The maximum absolute atomic E-state index is 12.7. The van der Waals surface area contributed by atoms with Crippen molar-refractivity contribution in [2.24, 2.45) is 0 Å². The molecule has 0 fully saturated rings. The van der Waals surface area contributed by atoms with Crippen molar-refractivity contribution in [2.75, 3.05) is 22.4 Å². The molecule has 0 bridgehead atoms. The van der Waals surface area contributed by atoms with Gasteiger partial charge in [0.15, 0.2) is 0 Å². The Morgan fingerprint density at radius 3 is 2.22 bits per heavy atom. The van der Waals surface area contributed by atoms with Crippen molar-refractivity contribution in [2.45, 2.75) is 39.5 Å². The molecule has 2 aromatic rings. The summed E-state index contributed by atoms with van der Waals surface area (Å²) in [5.74, 6) is -0.372. The van der Waals surface area contributed by atoms with Gasteiger partial charge in [-0.05, 0) is 35.1 Å². The molecule has 0 unspecified atom stereocenters. The molecular formula is C21H28N2O3S. The summed E-state index contributed by atoms with van der Waals surface area (Å²) in [4.78, 5) is 12.7. The fourth-order valence-electron chi connectivity index (χ4n) is 3.00. The number of carbonyl (C=O) groups is 1. The molecule has 27 heavy (non-hydrogen) atoms. The van der Waals surface area contributed by atoms with Crippen LogP contribution < -0.4 is 9.62 Å². The normalized spacial score (nSPS) is 11.9. The summed E-state index contributed by atoms with van der Waals surface area (Å²) in [5.41, 5.74) is 2.98. The first-order valence-electron chi connectivity index (χ1n) is 8.99. The predicted octanol–water partition coefficient (Wildman–Crippen LogP) is 3.95. The molecule has 0 heterocycles. The molecule has 6 heteroatoms. The van der Waals surface area contributed by atoms with Crippen molar-refractivity contribution in [3.05, 3.63) is 59.7 Å². The number of hydrogen-bond donors (Lipinski definition) is 1. The topological polar surface area (TPSA) is 66.5 Å². The van der Waals surface area contributed by atoms with Crippen LogP contribution in [0.4, 0.5) is 11.4 Å². The largest absolute Gasteiger partial charge is 0.324 e. The van der Waals surface area contributed by atoms with E-state index < -0.39 is 10.0 Å². The van der Waals surface area contributed by atoms with Crippen LogP contribution in [0.3, 0.4) is 0 Å². The van der Waals surface area contributed by atoms with Crippen LogP contribution in [-0.4, -0.2) is 27.1 Å². The first kappa shape index (κ1) is 21.0. The Morgan fingerprint density at radius 1 is 1.04 bits per heavy atom. The summed E-state index contributed by atoms with van der Waals surface area (Å²) in [6.07, 6.45) is 1.80. The Balaban J connectivity index is 2.32. The minimum absolute atomic E-state index is 0.144. The molecule has 0 saturated heterocycles. The van der Waals surface area contributed by atoms with Gasteiger partial charge in [0.25, 0.3) is 0 Å². The highest BCUT2D eigenvalue weighted by molar-refractivity contribution is 7.92. The second kappa shape index (κ2) is 8.13. The van der Waals surface area contributed by atoms with Gasteiger partial charge in [0.05, 0.1) is 11.9 Å². The first-order valence-corrected chi connectivity index (χ1v) is 10.8. The van der Waals surface area contributed by atoms with Crippen molar-refractivity contribution in [1.82, 2.24) is 0 Å². The van der Waals surface area contributed by atoms with Crippen LogP contribution in [0.2, 0.25) is 0 Å². The van der Waals surface area contributed by atoms with E-state index in [1.54, 1.807) is 12.1 Å². The Bertz CT molecular complexity index is 915. The molecule has 1 N–H and O–H groups in total. The Labute approximate surface area is 162 Å². The lowest BCUT2D eigenvalue weighted by Crippen LogP contribution is -2.38. The fraction of sp³-hybridized carbons (Fsp3) is 0.381. The molecule has 146 valence electrons. The first-order chi connectivity index (χ1) is 12.5. The number of rotatable bonds is 6. The summed E-state index contributed by atoms with van der Waals surface area (Å²) in [5, 5.41) is 2.88. The third kappa shape index (κ3) is 5.32. The van der Waals surface area contributed by atoms with Gasteiger partial charge in [-0.15, -0.1) is 0 Å². The smallest absolute Gasteiger partial charge is 0.245 e. The van der Waals surface area contributed by atoms with E-state index in [0.717, 1.165) is 17.4 Å². The molecule has 0 radical (unpaired) electrons. The Kier molecular flexibility index (Phi) is 6.31. The van der Waals surface area contributed by atoms with E-state index in [4.69, 9.17) is 0 Å². The van der Waals surface area contributed by atoms with E-state index in [0.29, 0.717) is 17.8 Å². The molecule has 1 amide bonds. The van der Waals surface area contributed by atoms with Crippen molar-refractivity contribution >= 4 is 27.3 Å². The zero-order valence-corrected chi connectivity index (χ0v) is 17.4. The summed E-state index contributed by atoms with van der Waals surface area (Å²) < 4.78 is 25.9. The minimum Gasteiger partial charge on any atom is -0.324 e. The van der Waals surface area contributed by atoms with Crippen LogP contribution in [0, 0.1) is 0 Å². The fourth-order valence-corrected chi connectivity index (χ4v) is 3.89. The lowest BCUT2D eigenvalue weighted by Gasteiger charge is -2.26. The van der Waals surface area contributed by atoms with Crippen LogP contribution in [-0.2, 0) is 26.7 Å². The SMILES string of the molecule is CCc1ccccc1N(CC(=O)Nc1ccccc1C(C)(C)C)S(C)(=O)=O. The summed E-state index contributed by atoms with van der Waals surface area (Å²) in [6.45, 7) is 7.89. The molecule has 2 aromatic carbocycles. The number of anilines is 2. The molecule has 0 aliphatic rings. The average molecular weight is 389 g/mol. The second-order valence-electron chi connectivity index (χ2n) is 7.60. The molecule has 0 aliphatic heterocycles. The third-order valence-electron chi connectivity index (χ3n) is 4.34. The van der Waals surface area contributed by atoms with Crippen LogP contribution in [0.5, 0.6) is 0 Å². The van der Waals surface area contributed by atoms with Crippen LogP contribution >= 0.6 is 0 Å². The van der Waals surface area contributed by atoms with Gasteiger partial charge in [-0.3, -0.25) is 9.10 Å². The molecule has 2 rings (SSSR count). The molecule has 0 atom stereocenters. The number of nitrogens with one attached hydrogen (secondary N) is 1. The zero-order chi connectivity index (χ0) is 20.2. The lowest BCUT2D eigenvalue weighted by atomic mass is 9.86. The van der Waals surface area contributed by atoms with Crippen molar-refractivity contribution in [3.63, 3.8) is 0 Å². The minimum atomic E-state index is -3.60. The van der Waals surface area contributed by atoms with Crippen molar-refractivity contribution in [3.8, 4) is 0 Å². The van der Waals surface area contributed by atoms with Gasteiger partial charge in [0.2, 0.25) is 15.9 Å². The second-order valence-corrected chi connectivity index (χ2v) is 9.50. The Hall–Kier alpha value is -2.34. The van der Waals surface area contributed by atoms with Crippen LogP contribution in [0.25, 0.3) is 0 Å². The number of aryl methyl sites for hydroxylation is 1. The summed E-state index contributed by atoms with van der Waals surface area (Å²) >= 11 is 0. The van der Waals surface area contributed by atoms with E-state index in [2.05, 4.69) is 26.1 Å². The maximum Gasteiger partial charge on any atom is 0.245 e. The highest BCUT2D eigenvalue weighted by Crippen LogP contribution is 2.29. The van der Waals surface area contributed by atoms with E-state index in [1.807, 2.05) is 43.3 Å². The van der Waals surface area contributed by atoms with Crippen LogP contribution in [0.1, 0.15) is 38.8 Å². The number of sulfonamides is 1. The van der Waals surface area contributed by atoms with Gasteiger partial charge in [0.1, 0.15) is 6.54 Å². The van der Waals surface area contributed by atoms with Crippen molar-refractivity contribution < 1.29 is 13.2 Å². The quantitative estimate of drug-likeness (QED) is 0.815. The summed E-state index contributed by atoms with van der Waals surface area (Å²) in [6, 6.07) is 14.8. The number of carbonyl (C=O) groups excluding carboxylic acids is 1. The number of nitrogens with zero attached hydrogens (tertiary/aromatic N) is 1. The van der Waals surface area contributed by atoms with E-state index >= 15 is 0 Å². The number of hydrogen-bond acceptors (Lipinski definition) is 3. The molecule has 0 aromatic heterocycles. The number of para-hydroxylation sites is 2. The van der Waals surface area contributed by atoms with Gasteiger partial charge < -0.3 is 5.32 Å². The van der Waals surface area contributed by atoms with E-state index in [9.17, 15) is 13.2 Å². The van der Waals surface area contributed by atoms with Gasteiger partial charge >= 0.3 is 0 Å². The van der Waals surface area contributed by atoms with Crippen LogP contribution in [0.15, 0.2) is 48.5 Å². The van der Waals surface area contributed by atoms with E-state index in [1.165, 1.54) is 4.31 Å². The highest BCUT2D eigenvalue weighted by atomic mass is 32.2. The molecule has 0 aliphatic carbocycles. The number of amides is 1. The van der Waals surface area contributed by atoms with Gasteiger partial charge in [0, 0.05) is 5.69 Å². The molecule has 0 saturated carbocycles. The lowest BCUT2D eigenvalue weighted by molar-refractivity contribution is -0.114.